The maximum Gasteiger partial charge on any atom is 0.229 e. The number of anilines is 1. The Bertz CT molecular complexity index is 948. The van der Waals surface area contributed by atoms with E-state index in [4.69, 9.17) is 9.47 Å². The van der Waals surface area contributed by atoms with Gasteiger partial charge in [0.05, 0.1) is 12.3 Å². The summed E-state index contributed by atoms with van der Waals surface area (Å²) < 4.78 is 11.2. The Morgan fingerprint density at radius 2 is 1.94 bits per heavy atom. The predicted molar refractivity (Wildman–Crippen MR) is 121 cm³/mol. The van der Waals surface area contributed by atoms with E-state index in [9.17, 15) is 25.2 Å². The first-order valence-electron chi connectivity index (χ1n) is 10.3. The third-order valence-corrected chi connectivity index (χ3v) is 6.82. The summed E-state index contributed by atoms with van der Waals surface area (Å²) in [6, 6.07) is 7.48. The first-order valence-corrected chi connectivity index (χ1v) is 11.1. The second-order valence-corrected chi connectivity index (χ2v) is 8.96. The third-order valence-electron chi connectivity index (χ3n) is 5.45. The van der Waals surface area contributed by atoms with Crippen LogP contribution < -0.4 is 15.4 Å². The SMILES string of the molecule is CNC(C)c1sc(-c2ccc(OC3OC(CO)C(O)C(O)C3O)c(C)c2)cc1NC(C)=O. The van der Waals surface area contributed by atoms with Crippen molar-refractivity contribution in [1.82, 2.24) is 5.32 Å². The van der Waals surface area contributed by atoms with Crippen LogP contribution in [0.3, 0.4) is 0 Å². The molecule has 1 fully saturated rings. The number of amides is 1. The molecule has 1 aromatic carbocycles. The lowest BCUT2D eigenvalue weighted by Crippen LogP contribution is -2.60. The molecule has 0 aliphatic carbocycles. The average Bonchev–Trinajstić information content (AvgIpc) is 3.17. The normalized spacial score (nSPS) is 26.6. The van der Waals surface area contributed by atoms with Crippen molar-refractivity contribution < 1.29 is 34.7 Å². The Morgan fingerprint density at radius 3 is 2.53 bits per heavy atom. The standard InChI is InChI=1S/C22H30N2O7S/c1-10-7-13(17-8-14(24-12(3)26)21(32-17)11(2)23-4)5-6-15(10)30-22-20(29)19(28)18(27)16(9-25)31-22/h5-8,11,16,18-20,22-23,25,27-29H,9H2,1-4H3,(H,24,26). The molecule has 6 atom stereocenters. The van der Waals surface area contributed by atoms with E-state index in [1.54, 1.807) is 17.4 Å². The van der Waals surface area contributed by atoms with Gasteiger partial charge in [0.25, 0.3) is 0 Å². The number of aliphatic hydroxyl groups excluding tert-OH is 4. The van der Waals surface area contributed by atoms with Crippen LogP contribution in [0.4, 0.5) is 5.69 Å². The van der Waals surface area contributed by atoms with Gasteiger partial charge >= 0.3 is 0 Å². The lowest BCUT2D eigenvalue weighted by Gasteiger charge is -2.39. The summed E-state index contributed by atoms with van der Waals surface area (Å²) in [4.78, 5) is 13.6. The Balaban J connectivity index is 1.84. The van der Waals surface area contributed by atoms with E-state index in [1.807, 2.05) is 39.1 Å². The monoisotopic (exact) mass is 466 g/mol. The van der Waals surface area contributed by atoms with Crippen LogP contribution in [0, 0.1) is 6.92 Å². The number of hydrogen-bond donors (Lipinski definition) is 6. The molecule has 1 amide bonds. The zero-order chi connectivity index (χ0) is 23.6. The van der Waals surface area contributed by atoms with Crippen molar-refractivity contribution in [2.24, 2.45) is 0 Å². The molecule has 0 bridgehead atoms. The number of ether oxygens (including phenoxy) is 2. The van der Waals surface area contributed by atoms with Gasteiger partial charge in [-0.1, -0.05) is 0 Å². The third kappa shape index (κ3) is 5.12. The van der Waals surface area contributed by atoms with Crippen LogP contribution in [0.25, 0.3) is 10.4 Å². The number of aryl methyl sites for hydroxylation is 1. The second kappa shape index (κ2) is 10.3. The van der Waals surface area contributed by atoms with Gasteiger partial charge in [0.1, 0.15) is 30.2 Å². The molecule has 6 unspecified atom stereocenters. The van der Waals surface area contributed by atoms with Crippen LogP contribution in [0.2, 0.25) is 0 Å². The van der Waals surface area contributed by atoms with Crippen LogP contribution in [0.15, 0.2) is 24.3 Å². The summed E-state index contributed by atoms with van der Waals surface area (Å²) in [7, 11) is 1.86. The van der Waals surface area contributed by atoms with Crippen LogP contribution in [-0.2, 0) is 9.53 Å². The van der Waals surface area contributed by atoms with Gasteiger partial charge in [-0.15, -0.1) is 11.3 Å². The van der Waals surface area contributed by atoms with Crippen molar-refractivity contribution in [2.75, 3.05) is 19.0 Å². The number of hydrogen-bond acceptors (Lipinski definition) is 9. The smallest absolute Gasteiger partial charge is 0.229 e. The topological polar surface area (TPSA) is 141 Å². The Kier molecular flexibility index (Phi) is 7.88. The first-order chi connectivity index (χ1) is 15.2. The zero-order valence-corrected chi connectivity index (χ0v) is 19.2. The van der Waals surface area contributed by atoms with Crippen LogP contribution >= 0.6 is 11.3 Å². The highest BCUT2D eigenvalue weighted by molar-refractivity contribution is 7.16. The van der Waals surface area contributed by atoms with Crippen LogP contribution in [-0.4, -0.2) is 70.7 Å². The molecule has 0 spiro atoms. The number of benzene rings is 1. The van der Waals surface area contributed by atoms with E-state index in [0.29, 0.717) is 5.75 Å². The summed E-state index contributed by atoms with van der Waals surface area (Å²) in [6.07, 6.45) is -6.70. The molecule has 10 heteroatoms. The van der Waals surface area contributed by atoms with E-state index in [2.05, 4.69) is 10.6 Å². The summed E-state index contributed by atoms with van der Waals surface area (Å²) >= 11 is 1.57. The van der Waals surface area contributed by atoms with Gasteiger partial charge in [-0.05, 0) is 56.3 Å². The van der Waals surface area contributed by atoms with Gasteiger partial charge < -0.3 is 40.5 Å². The lowest BCUT2D eigenvalue weighted by molar-refractivity contribution is -0.277. The van der Waals surface area contributed by atoms with E-state index >= 15 is 0 Å². The minimum Gasteiger partial charge on any atom is -0.462 e. The highest BCUT2D eigenvalue weighted by atomic mass is 32.1. The van der Waals surface area contributed by atoms with Crippen LogP contribution in [0.1, 0.15) is 30.3 Å². The van der Waals surface area contributed by atoms with E-state index in [1.165, 1.54) is 6.92 Å². The van der Waals surface area contributed by atoms with E-state index in [0.717, 1.165) is 26.6 Å². The van der Waals surface area contributed by atoms with E-state index < -0.39 is 37.3 Å². The molecule has 9 nitrogen and oxygen atoms in total. The number of thiophene rings is 1. The van der Waals surface area contributed by atoms with Crippen molar-refractivity contribution in [2.45, 2.75) is 57.5 Å². The molecule has 32 heavy (non-hydrogen) atoms. The molecule has 1 aliphatic rings. The fraction of sp³-hybridized carbons (Fsp3) is 0.500. The van der Waals surface area contributed by atoms with Gasteiger partial charge in [0, 0.05) is 22.7 Å². The predicted octanol–water partition coefficient (Wildman–Crippen LogP) is 1.14. The molecule has 2 heterocycles. The number of aliphatic hydroxyl groups is 4. The quantitative estimate of drug-likeness (QED) is 0.357. The molecule has 176 valence electrons. The first kappa shape index (κ1) is 24.6. The number of nitrogens with one attached hydrogen (secondary N) is 2. The summed E-state index contributed by atoms with van der Waals surface area (Å²) in [6.45, 7) is 4.80. The molecule has 0 saturated carbocycles. The van der Waals surface area contributed by atoms with E-state index in [-0.39, 0.29) is 11.9 Å². The minimum atomic E-state index is -1.50. The van der Waals surface area contributed by atoms with Gasteiger partial charge in [0.2, 0.25) is 12.2 Å². The van der Waals surface area contributed by atoms with Crippen molar-refractivity contribution in [3.63, 3.8) is 0 Å². The fourth-order valence-corrected chi connectivity index (χ4v) is 4.69. The molecule has 2 aromatic rings. The number of rotatable bonds is 7. The Morgan fingerprint density at radius 1 is 1.22 bits per heavy atom. The molecular weight excluding hydrogens is 436 g/mol. The molecule has 3 rings (SSSR count). The largest absolute Gasteiger partial charge is 0.462 e. The summed E-state index contributed by atoms with van der Waals surface area (Å²) in [5, 5.41) is 45.5. The van der Waals surface area contributed by atoms with Crippen molar-refractivity contribution in [3.05, 3.63) is 34.7 Å². The highest BCUT2D eigenvalue weighted by Gasteiger charge is 2.44. The lowest BCUT2D eigenvalue weighted by atomic mass is 9.99. The second-order valence-electron chi connectivity index (χ2n) is 7.88. The van der Waals surface area contributed by atoms with Crippen molar-refractivity contribution >= 4 is 22.9 Å². The van der Waals surface area contributed by atoms with Crippen LogP contribution in [0.5, 0.6) is 5.75 Å². The molecular formula is C22H30N2O7S. The van der Waals surface area contributed by atoms with Gasteiger partial charge in [-0.25, -0.2) is 0 Å². The summed E-state index contributed by atoms with van der Waals surface area (Å²) in [5.74, 6) is 0.291. The molecule has 0 radical (unpaired) electrons. The molecule has 1 aromatic heterocycles. The van der Waals surface area contributed by atoms with Gasteiger partial charge in [-0.2, -0.15) is 0 Å². The summed E-state index contributed by atoms with van der Waals surface area (Å²) in [5.41, 5.74) is 2.45. The molecule has 6 N–H and O–H groups in total. The zero-order valence-electron chi connectivity index (χ0n) is 18.4. The minimum absolute atomic E-state index is 0.0606. The Hall–Kier alpha value is -2.05. The van der Waals surface area contributed by atoms with Crippen molar-refractivity contribution in [3.8, 4) is 16.2 Å². The maximum absolute atomic E-state index is 11.6. The van der Waals surface area contributed by atoms with Gasteiger partial charge in [0.15, 0.2) is 0 Å². The van der Waals surface area contributed by atoms with Gasteiger partial charge in [-0.3, -0.25) is 4.79 Å². The Labute approximate surface area is 190 Å². The number of carbonyl (C=O) groups is 1. The molecule has 1 saturated heterocycles. The van der Waals surface area contributed by atoms with Crippen molar-refractivity contribution in [1.29, 1.82) is 0 Å². The highest BCUT2D eigenvalue weighted by Crippen LogP contribution is 2.39. The average molecular weight is 467 g/mol. The molecule has 1 aliphatic heterocycles. The fourth-order valence-electron chi connectivity index (χ4n) is 3.51. The number of carbonyl (C=O) groups excluding carboxylic acids is 1. The maximum atomic E-state index is 11.6.